The Morgan fingerprint density at radius 1 is 1.04 bits per heavy atom. The van der Waals surface area contributed by atoms with Gasteiger partial charge < -0.3 is 0 Å². The lowest BCUT2D eigenvalue weighted by Gasteiger charge is -2.59. The lowest BCUT2D eigenvalue weighted by Crippen LogP contribution is -2.52. The maximum absolute atomic E-state index is 12.6. The fourth-order valence-electron chi connectivity index (χ4n) is 7.18. The normalized spacial score (nSPS) is 47.7. The first kappa shape index (κ1) is 16.5. The molecule has 0 unspecified atom stereocenters. The lowest BCUT2D eigenvalue weighted by atomic mass is 9.45. The van der Waals surface area contributed by atoms with Crippen molar-refractivity contribution in [2.75, 3.05) is 0 Å². The molecule has 0 N–H and O–H groups in total. The number of fused-ring (bicyclic) bond motifs is 5. The van der Waals surface area contributed by atoms with E-state index in [-0.39, 0.29) is 10.8 Å². The van der Waals surface area contributed by atoms with Crippen LogP contribution in [0.4, 0.5) is 0 Å². The zero-order valence-electron chi connectivity index (χ0n) is 15.6. The SMILES string of the molecule is CCC[C@H]1C[C@@H]2[C@H](CC[C@]3(C)C(=O)CC[C@@H]23)[C@@]2(C)CCC(=O)C=C12. The number of rotatable bonds is 2. The minimum absolute atomic E-state index is 0.0417. The van der Waals surface area contributed by atoms with E-state index in [1.807, 2.05) is 6.08 Å². The van der Waals surface area contributed by atoms with E-state index < -0.39 is 0 Å². The predicted octanol–water partition coefficient (Wildman–Crippen LogP) is 5.11. The number of Topliss-reactive ketones (excluding diaryl/α,β-unsaturated/α-hetero) is 1. The Kier molecular flexibility index (Phi) is 3.82. The van der Waals surface area contributed by atoms with Crippen LogP contribution in [0.2, 0.25) is 0 Å². The first-order valence-corrected chi connectivity index (χ1v) is 10.2. The number of ketones is 2. The molecule has 0 amide bonds. The van der Waals surface area contributed by atoms with E-state index in [0.29, 0.717) is 35.2 Å². The van der Waals surface area contributed by atoms with Crippen LogP contribution in [0.3, 0.4) is 0 Å². The molecule has 0 aromatic heterocycles. The van der Waals surface area contributed by atoms with Gasteiger partial charge in [-0.2, -0.15) is 0 Å². The summed E-state index contributed by atoms with van der Waals surface area (Å²) < 4.78 is 0. The van der Waals surface area contributed by atoms with E-state index in [0.717, 1.165) is 32.1 Å². The van der Waals surface area contributed by atoms with Crippen molar-refractivity contribution >= 4 is 11.6 Å². The third-order valence-corrected chi connectivity index (χ3v) is 8.46. The first-order chi connectivity index (χ1) is 11.4. The molecule has 6 atom stereocenters. The minimum atomic E-state index is -0.0417. The van der Waals surface area contributed by atoms with Crippen molar-refractivity contribution < 1.29 is 9.59 Å². The Bertz CT molecular complexity index is 603. The molecule has 2 heteroatoms. The van der Waals surface area contributed by atoms with E-state index in [1.165, 1.54) is 31.3 Å². The van der Waals surface area contributed by atoms with E-state index in [1.54, 1.807) is 0 Å². The van der Waals surface area contributed by atoms with Gasteiger partial charge in [0.05, 0.1) is 0 Å². The Morgan fingerprint density at radius 2 is 1.79 bits per heavy atom. The molecule has 0 saturated heterocycles. The Balaban J connectivity index is 1.74. The van der Waals surface area contributed by atoms with Gasteiger partial charge in [0, 0.05) is 18.3 Å². The van der Waals surface area contributed by atoms with Crippen molar-refractivity contribution in [3.8, 4) is 0 Å². The average molecular weight is 328 g/mol. The van der Waals surface area contributed by atoms with Crippen molar-refractivity contribution in [1.82, 2.24) is 0 Å². The van der Waals surface area contributed by atoms with Crippen LogP contribution in [0.1, 0.15) is 78.6 Å². The molecule has 0 heterocycles. The highest BCUT2D eigenvalue weighted by Crippen LogP contribution is 2.65. The molecule has 4 rings (SSSR count). The number of allylic oxidation sites excluding steroid dienone is 1. The van der Waals surface area contributed by atoms with Crippen LogP contribution >= 0.6 is 0 Å². The highest BCUT2D eigenvalue weighted by atomic mass is 16.1. The maximum atomic E-state index is 12.6. The topological polar surface area (TPSA) is 34.1 Å². The van der Waals surface area contributed by atoms with Crippen molar-refractivity contribution in [1.29, 1.82) is 0 Å². The fourth-order valence-corrected chi connectivity index (χ4v) is 7.18. The van der Waals surface area contributed by atoms with Crippen LogP contribution in [0.15, 0.2) is 11.6 Å². The monoisotopic (exact) mass is 328 g/mol. The largest absolute Gasteiger partial charge is 0.299 e. The standard InChI is InChI=1S/C22H32O2/c1-4-5-14-12-16-17-6-7-20(24)22(17,3)11-9-18(16)21(2)10-8-15(23)13-19(14)21/h13-14,16-18H,4-12H2,1-3H3/t14-,16-,17-,18-,21+,22-/m0/s1. The predicted molar refractivity (Wildman–Crippen MR) is 95.5 cm³/mol. The van der Waals surface area contributed by atoms with Crippen LogP contribution in [0.5, 0.6) is 0 Å². The summed E-state index contributed by atoms with van der Waals surface area (Å²) in [5.74, 6) is 3.43. The summed E-state index contributed by atoms with van der Waals surface area (Å²) in [5.41, 5.74) is 1.65. The van der Waals surface area contributed by atoms with E-state index in [2.05, 4.69) is 20.8 Å². The molecule has 2 nitrogen and oxygen atoms in total. The Hall–Kier alpha value is -0.920. The summed E-state index contributed by atoms with van der Waals surface area (Å²) in [7, 11) is 0. The van der Waals surface area contributed by atoms with Crippen LogP contribution in [0.25, 0.3) is 0 Å². The maximum Gasteiger partial charge on any atom is 0.155 e. The molecule has 0 aliphatic heterocycles. The summed E-state index contributed by atoms with van der Waals surface area (Å²) in [6.07, 6.45) is 11.6. The van der Waals surface area contributed by atoms with Crippen LogP contribution in [-0.4, -0.2) is 11.6 Å². The highest BCUT2D eigenvalue weighted by molar-refractivity contribution is 5.92. The van der Waals surface area contributed by atoms with Gasteiger partial charge in [0.2, 0.25) is 0 Å². The summed E-state index contributed by atoms with van der Waals surface area (Å²) in [6.45, 7) is 6.97. The lowest BCUT2D eigenvalue weighted by molar-refractivity contribution is -0.133. The van der Waals surface area contributed by atoms with Crippen molar-refractivity contribution in [3.63, 3.8) is 0 Å². The average Bonchev–Trinajstić information content (AvgIpc) is 2.85. The third kappa shape index (κ3) is 2.14. The minimum Gasteiger partial charge on any atom is -0.299 e. The molecule has 0 aromatic rings. The zero-order chi connectivity index (χ0) is 17.1. The van der Waals surface area contributed by atoms with Crippen LogP contribution in [0, 0.1) is 34.5 Å². The molecule has 132 valence electrons. The molecule has 0 aromatic carbocycles. The molecule has 24 heavy (non-hydrogen) atoms. The van der Waals surface area contributed by atoms with Crippen molar-refractivity contribution in [2.24, 2.45) is 34.5 Å². The smallest absolute Gasteiger partial charge is 0.155 e. The second-order valence-corrected chi connectivity index (χ2v) is 9.50. The fraction of sp³-hybridized carbons (Fsp3) is 0.818. The highest BCUT2D eigenvalue weighted by Gasteiger charge is 2.60. The van der Waals surface area contributed by atoms with E-state index in [9.17, 15) is 9.59 Å². The van der Waals surface area contributed by atoms with Gasteiger partial charge in [0.1, 0.15) is 5.78 Å². The molecule has 4 aliphatic carbocycles. The van der Waals surface area contributed by atoms with Gasteiger partial charge in [-0.15, -0.1) is 0 Å². The molecule has 3 fully saturated rings. The van der Waals surface area contributed by atoms with Crippen molar-refractivity contribution in [3.05, 3.63) is 11.6 Å². The van der Waals surface area contributed by atoms with Gasteiger partial charge in [-0.25, -0.2) is 0 Å². The third-order valence-electron chi connectivity index (χ3n) is 8.46. The van der Waals surface area contributed by atoms with Gasteiger partial charge >= 0.3 is 0 Å². The Morgan fingerprint density at radius 3 is 2.54 bits per heavy atom. The molecule has 4 aliphatic rings. The summed E-state index contributed by atoms with van der Waals surface area (Å²) in [5, 5.41) is 0. The zero-order valence-corrected chi connectivity index (χ0v) is 15.6. The summed E-state index contributed by atoms with van der Waals surface area (Å²) in [4.78, 5) is 24.7. The number of carbonyl (C=O) groups excluding carboxylic acids is 2. The van der Waals surface area contributed by atoms with Crippen molar-refractivity contribution in [2.45, 2.75) is 78.6 Å². The van der Waals surface area contributed by atoms with Crippen LogP contribution < -0.4 is 0 Å². The molecule has 0 spiro atoms. The van der Waals surface area contributed by atoms with Gasteiger partial charge in [-0.05, 0) is 73.7 Å². The number of hydrogen-bond acceptors (Lipinski definition) is 2. The van der Waals surface area contributed by atoms with Gasteiger partial charge in [-0.3, -0.25) is 9.59 Å². The van der Waals surface area contributed by atoms with Gasteiger partial charge in [0.25, 0.3) is 0 Å². The number of hydrogen-bond donors (Lipinski definition) is 0. The molecule has 0 bridgehead atoms. The van der Waals surface area contributed by atoms with Gasteiger partial charge in [0.15, 0.2) is 5.78 Å². The molecule has 3 saturated carbocycles. The summed E-state index contributed by atoms with van der Waals surface area (Å²) >= 11 is 0. The van der Waals surface area contributed by atoms with E-state index >= 15 is 0 Å². The summed E-state index contributed by atoms with van der Waals surface area (Å²) in [6, 6.07) is 0. The first-order valence-electron chi connectivity index (χ1n) is 10.2. The molecular weight excluding hydrogens is 296 g/mol. The van der Waals surface area contributed by atoms with Crippen LogP contribution in [-0.2, 0) is 9.59 Å². The molecular formula is C22H32O2. The Labute approximate surface area is 146 Å². The van der Waals surface area contributed by atoms with Gasteiger partial charge in [-0.1, -0.05) is 32.8 Å². The quantitative estimate of drug-likeness (QED) is 0.705. The number of carbonyl (C=O) groups is 2. The second kappa shape index (κ2) is 5.54. The second-order valence-electron chi connectivity index (χ2n) is 9.50. The molecule has 0 radical (unpaired) electrons. The van der Waals surface area contributed by atoms with E-state index in [4.69, 9.17) is 0 Å².